The molecule has 1 atom stereocenters. The Bertz CT molecular complexity index is 1000. The summed E-state index contributed by atoms with van der Waals surface area (Å²) in [7, 11) is 0. The maximum absolute atomic E-state index is 14.6. The highest BCUT2D eigenvalue weighted by molar-refractivity contribution is 5.83. The average Bonchev–Trinajstić information content (AvgIpc) is 3.20. The summed E-state index contributed by atoms with van der Waals surface area (Å²) in [6, 6.07) is 6.59. The summed E-state index contributed by atoms with van der Waals surface area (Å²) in [6.07, 6.45) is 4.91. The van der Waals surface area contributed by atoms with Gasteiger partial charge in [-0.05, 0) is 44.7 Å². The number of esters is 1. The summed E-state index contributed by atoms with van der Waals surface area (Å²) >= 11 is 0. The van der Waals surface area contributed by atoms with E-state index in [1.807, 2.05) is 0 Å². The lowest BCUT2D eigenvalue weighted by molar-refractivity contribution is -0.207. The third-order valence-electron chi connectivity index (χ3n) is 5.82. The normalized spacial score (nSPS) is 20.4. The number of aliphatic hydroxyl groups is 1. The number of nitrogens with zero attached hydrogens (tertiary/aromatic N) is 1. The number of cyclic esters (lactones) is 1. The molecule has 1 saturated carbocycles. The molecule has 0 aromatic heterocycles. The van der Waals surface area contributed by atoms with Gasteiger partial charge in [0.05, 0.1) is 17.6 Å². The van der Waals surface area contributed by atoms with Gasteiger partial charge in [-0.1, -0.05) is 30.7 Å². The number of ether oxygens (including phenoxy) is 2. The van der Waals surface area contributed by atoms with Crippen LogP contribution < -0.4 is 0 Å². The second-order valence-electron chi connectivity index (χ2n) is 9.30. The van der Waals surface area contributed by atoms with Crippen LogP contribution in [0, 0.1) is 34.9 Å². The molecule has 1 aromatic rings. The molecule has 0 saturated heterocycles. The molecule has 6 heteroatoms. The SMILES string of the molecule is CC1(C)OC(=O)C=C(CC(O)(C#Cc2ccc(C(C)(C)C#N)c(F)c2)C2CCCC2)O1. The van der Waals surface area contributed by atoms with Crippen molar-refractivity contribution in [2.24, 2.45) is 5.92 Å². The molecule has 1 heterocycles. The van der Waals surface area contributed by atoms with Gasteiger partial charge in [-0.3, -0.25) is 0 Å². The van der Waals surface area contributed by atoms with Crippen LogP contribution >= 0.6 is 0 Å². The lowest BCUT2D eigenvalue weighted by Gasteiger charge is -2.35. The van der Waals surface area contributed by atoms with E-state index in [-0.39, 0.29) is 12.3 Å². The number of nitriles is 1. The molecule has 2 aliphatic rings. The number of rotatable bonds is 4. The molecule has 164 valence electrons. The molecular weight excluding hydrogens is 397 g/mol. The Morgan fingerprint density at radius 3 is 2.52 bits per heavy atom. The van der Waals surface area contributed by atoms with Crippen molar-refractivity contribution < 1.29 is 23.8 Å². The Labute approximate surface area is 182 Å². The highest BCUT2D eigenvalue weighted by atomic mass is 19.1. The Balaban J connectivity index is 1.91. The highest BCUT2D eigenvalue weighted by Crippen LogP contribution is 2.39. The van der Waals surface area contributed by atoms with Crippen LogP contribution in [0.25, 0.3) is 0 Å². The predicted octanol–water partition coefficient (Wildman–Crippen LogP) is 4.48. The van der Waals surface area contributed by atoms with Gasteiger partial charge in [0.15, 0.2) is 0 Å². The van der Waals surface area contributed by atoms with Gasteiger partial charge in [0.1, 0.15) is 17.2 Å². The minimum Gasteiger partial charge on any atom is -0.457 e. The first-order valence-corrected chi connectivity index (χ1v) is 10.5. The maximum atomic E-state index is 14.6. The van der Waals surface area contributed by atoms with E-state index in [1.165, 1.54) is 12.1 Å². The highest BCUT2D eigenvalue weighted by Gasteiger charge is 2.41. The molecule has 0 bridgehead atoms. The zero-order chi connectivity index (χ0) is 22.9. The predicted molar refractivity (Wildman–Crippen MR) is 113 cm³/mol. The lowest BCUT2D eigenvalue weighted by Crippen LogP contribution is -2.40. The van der Waals surface area contributed by atoms with Crippen LogP contribution in [0.5, 0.6) is 0 Å². The Morgan fingerprint density at radius 2 is 1.94 bits per heavy atom. The first kappa shape index (κ1) is 22.8. The van der Waals surface area contributed by atoms with Crippen molar-refractivity contribution in [3.8, 4) is 17.9 Å². The number of hydrogen-bond acceptors (Lipinski definition) is 5. The van der Waals surface area contributed by atoms with Crippen molar-refractivity contribution in [3.63, 3.8) is 0 Å². The van der Waals surface area contributed by atoms with E-state index < -0.39 is 28.6 Å². The zero-order valence-corrected chi connectivity index (χ0v) is 18.4. The van der Waals surface area contributed by atoms with E-state index in [9.17, 15) is 19.6 Å². The monoisotopic (exact) mass is 425 g/mol. The summed E-state index contributed by atoms with van der Waals surface area (Å²) in [4.78, 5) is 11.9. The van der Waals surface area contributed by atoms with E-state index in [0.717, 1.165) is 25.7 Å². The topological polar surface area (TPSA) is 79.5 Å². The fraction of sp³-hybridized carbons (Fsp3) is 0.520. The van der Waals surface area contributed by atoms with Crippen molar-refractivity contribution in [2.75, 3.05) is 0 Å². The molecule has 0 radical (unpaired) electrons. The first-order valence-electron chi connectivity index (χ1n) is 10.5. The number of carbonyl (C=O) groups is 1. The molecule has 0 spiro atoms. The smallest absolute Gasteiger partial charge is 0.337 e. The van der Waals surface area contributed by atoms with E-state index in [1.54, 1.807) is 39.8 Å². The quantitative estimate of drug-likeness (QED) is 0.568. The van der Waals surface area contributed by atoms with Gasteiger partial charge >= 0.3 is 5.97 Å². The second-order valence-corrected chi connectivity index (χ2v) is 9.30. The molecule has 0 amide bonds. The molecule has 1 unspecified atom stereocenters. The molecule has 1 fully saturated rings. The molecule has 1 N–H and O–H groups in total. The van der Waals surface area contributed by atoms with Crippen LogP contribution in [0.4, 0.5) is 4.39 Å². The summed E-state index contributed by atoms with van der Waals surface area (Å²) in [5.74, 6) is 3.94. The number of benzene rings is 1. The molecule has 1 aromatic carbocycles. The minimum absolute atomic E-state index is 0.0469. The molecule has 31 heavy (non-hydrogen) atoms. The van der Waals surface area contributed by atoms with Gasteiger partial charge < -0.3 is 14.6 Å². The van der Waals surface area contributed by atoms with Crippen molar-refractivity contribution in [1.29, 1.82) is 5.26 Å². The molecule has 1 aliphatic heterocycles. The largest absolute Gasteiger partial charge is 0.457 e. The van der Waals surface area contributed by atoms with Crippen molar-refractivity contribution in [2.45, 2.75) is 76.6 Å². The number of carbonyl (C=O) groups excluding carboxylic acids is 1. The van der Waals surface area contributed by atoms with E-state index in [0.29, 0.717) is 16.9 Å². The fourth-order valence-corrected chi connectivity index (χ4v) is 4.16. The van der Waals surface area contributed by atoms with Crippen molar-refractivity contribution in [1.82, 2.24) is 0 Å². The van der Waals surface area contributed by atoms with Crippen LogP contribution in [0.15, 0.2) is 30.0 Å². The van der Waals surface area contributed by atoms with Gasteiger partial charge in [0.2, 0.25) is 5.79 Å². The molecular formula is C25H28FNO4. The Hall–Kier alpha value is -2.83. The lowest BCUT2D eigenvalue weighted by atomic mass is 9.82. The van der Waals surface area contributed by atoms with Gasteiger partial charge in [-0.15, -0.1) is 0 Å². The summed E-state index contributed by atoms with van der Waals surface area (Å²) in [5, 5.41) is 20.7. The maximum Gasteiger partial charge on any atom is 0.337 e. The summed E-state index contributed by atoms with van der Waals surface area (Å²) in [5.41, 5.74) is -1.66. The molecule has 5 nitrogen and oxygen atoms in total. The van der Waals surface area contributed by atoms with Crippen LogP contribution in [-0.2, 0) is 19.7 Å². The van der Waals surface area contributed by atoms with Crippen molar-refractivity contribution in [3.05, 3.63) is 47.0 Å². The van der Waals surface area contributed by atoms with Crippen molar-refractivity contribution >= 4 is 5.97 Å². The minimum atomic E-state index is -1.42. The van der Waals surface area contributed by atoms with Gasteiger partial charge in [-0.25, -0.2) is 9.18 Å². The molecule has 3 rings (SSSR count). The summed E-state index contributed by atoms with van der Waals surface area (Å²) in [6.45, 7) is 6.57. The Kier molecular flexibility index (Phi) is 6.16. The van der Waals surface area contributed by atoms with E-state index in [2.05, 4.69) is 17.9 Å². The third kappa shape index (κ3) is 5.27. The Morgan fingerprint density at radius 1 is 1.26 bits per heavy atom. The van der Waals surface area contributed by atoms with Crippen LogP contribution in [0.1, 0.15) is 70.9 Å². The van der Waals surface area contributed by atoms with Crippen LogP contribution in [0.3, 0.4) is 0 Å². The first-order chi connectivity index (χ1) is 14.4. The number of hydrogen-bond donors (Lipinski definition) is 1. The average molecular weight is 426 g/mol. The van der Waals surface area contributed by atoms with Crippen LogP contribution in [0.2, 0.25) is 0 Å². The fourth-order valence-electron chi connectivity index (χ4n) is 4.16. The second kappa shape index (κ2) is 8.36. The zero-order valence-electron chi connectivity index (χ0n) is 18.4. The van der Waals surface area contributed by atoms with Gasteiger partial charge in [0.25, 0.3) is 0 Å². The van der Waals surface area contributed by atoms with Gasteiger partial charge in [-0.2, -0.15) is 5.26 Å². The number of halogens is 1. The van der Waals surface area contributed by atoms with E-state index >= 15 is 0 Å². The van der Waals surface area contributed by atoms with E-state index in [4.69, 9.17) is 9.47 Å². The third-order valence-corrected chi connectivity index (χ3v) is 5.82. The standard InChI is InChI=1S/C25H28FNO4/c1-23(2,16-27)20-10-9-17(13-21(20)26)11-12-25(29,18-7-5-6-8-18)15-19-14-22(28)31-24(3,4)30-19/h9-10,13-14,18,29H,5-8,15H2,1-4H3. The molecule has 1 aliphatic carbocycles. The van der Waals surface area contributed by atoms with Gasteiger partial charge in [0, 0.05) is 31.4 Å². The van der Waals surface area contributed by atoms with Crippen LogP contribution in [-0.4, -0.2) is 22.5 Å². The summed E-state index contributed by atoms with van der Waals surface area (Å²) < 4.78 is 25.4.